The Bertz CT molecular complexity index is 790. The summed E-state index contributed by atoms with van der Waals surface area (Å²) in [5, 5.41) is 7.98. The fourth-order valence-electron chi connectivity index (χ4n) is 1.93. The van der Waals surface area contributed by atoms with E-state index in [1.165, 1.54) is 13.0 Å². The van der Waals surface area contributed by atoms with Crippen LogP contribution in [0.2, 0.25) is 5.02 Å². The van der Waals surface area contributed by atoms with Gasteiger partial charge in [0.15, 0.2) is 0 Å². The number of carbonyl (C=O) groups is 3. The minimum Gasteiger partial charge on any atom is -0.351 e. The maximum atomic E-state index is 12.2. The van der Waals surface area contributed by atoms with Crippen LogP contribution in [0.15, 0.2) is 42.5 Å². The Balaban J connectivity index is 2.07. The first kappa shape index (κ1) is 17.3. The zero-order chi connectivity index (χ0) is 17.7. The van der Waals surface area contributed by atoms with E-state index in [2.05, 4.69) is 16.0 Å². The zero-order valence-corrected chi connectivity index (χ0v) is 13.5. The SMILES string of the molecule is CC(=O)Nc1ccc(NC(=O)c2ccc(NC(N)=O)cc2)cc1Cl. The van der Waals surface area contributed by atoms with Gasteiger partial charge in [-0.15, -0.1) is 0 Å². The van der Waals surface area contributed by atoms with E-state index in [9.17, 15) is 14.4 Å². The quantitative estimate of drug-likeness (QED) is 0.682. The maximum absolute atomic E-state index is 12.2. The molecular formula is C16H15ClN4O3. The largest absolute Gasteiger partial charge is 0.351 e. The molecule has 8 heteroatoms. The highest BCUT2D eigenvalue weighted by Crippen LogP contribution is 2.25. The minimum atomic E-state index is -0.680. The molecule has 2 aromatic carbocycles. The Morgan fingerprint density at radius 3 is 2.08 bits per heavy atom. The molecule has 0 aliphatic rings. The standard InChI is InChI=1S/C16H15ClN4O3/c1-9(22)19-14-7-6-12(8-13(14)17)20-15(23)10-2-4-11(5-3-10)21-16(18)24/h2-8H,1H3,(H,19,22)(H,20,23)(H3,18,21,24). The monoisotopic (exact) mass is 346 g/mol. The van der Waals surface area contributed by atoms with Gasteiger partial charge in [-0.25, -0.2) is 4.79 Å². The number of halogens is 1. The number of hydrogen-bond donors (Lipinski definition) is 4. The van der Waals surface area contributed by atoms with Gasteiger partial charge in [0.05, 0.1) is 10.7 Å². The first-order valence-corrected chi connectivity index (χ1v) is 7.28. The van der Waals surface area contributed by atoms with Crippen molar-refractivity contribution in [3.8, 4) is 0 Å². The van der Waals surface area contributed by atoms with Gasteiger partial charge in [0, 0.05) is 23.9 Å². The van der Waals surface area contributed by atoms with E-state index in [1.807, 2.05) is 0 Å². The molecule has 5 N–H and O–H groups in total. The van der Waals surface area contributed by atoms with Crippen molar-refractivity contribution < 1.29 is 14.4 Å². The third kappa shape index (κ3) is 4.72. The summed E-state index contributed by atoms with van der Waals surface area (Å²) in [5.41, 5.74) is 6.84. The fraction of sp³-hybridized carbons (Fsp3) is 0.0625. The summed E-state index contributed by atoms with van der Waals surface area (Å²) < 4.78 is 0. The maximum Gasteiger partial charge on any atom is 0.316 e. The summed E-state index contributed by atoms with van der Waals surface area (Å²) in [6.07, 6.45) is 0. The van der Waals surface area contributed by atoms with Crippen molar-refractivity contribution in [2.24, 2.45) is 5.73 Å². The normalized spacial score (nSPS) is 9.92. The molecule has 2 rings (SSSR count). The first-order valence-electron chi connectivity index (χ1n) is 6.90. The highest BCUT2D eigenvalue weighted by molar-refractivity contribution is 6.34. The molecule has 0 radical (unpaired) electrons. The molecule has 24 heavy (non-hydrogen) atoms. The van der Waals surface area contributed by atoms with Crippen molar-refractivity contribution in [2.75, 3.05) is 16.0 Å². The molecule has 2 aromatic rings. The molecule has 0 saturated heterocycles. The lowest BCUT2D eigenvalue weighted by atomic mass is 10.2. The summed E-state index contributed by atoms with van der Waals surface area (Å²) in [7, 11) is 0. The lowest BCUT2D eigenvalue weighted by Crippen LogP contribution is -2.19. The van der Waals surface area contributed by atoms with Crippen LogP contribution in [0.1, 0.15) is 17.3 Å². The van der Waals surface area contributed by atoms with Crippen molar-refractivity contribution in [1.29, 1.82) is 0 Å². The van der Waals surface area contributed by atoms with Gasteiger partial charge in [-0.1, -0.05) is 11.6 Å². The predicted molar refractivity (Wildman–Crippen MR) is 93.4 cm³/mol. The number of urea groups is 1. The van der Waals surface area contributed by atoms with Crippen LogP contribution in [0.5, 0.6) is 0 Å². The third-order valence-corrected chi connectivity index (χ3v) is 3.26. The van der Waals surface area contributed by atoms with Crippen LogP contribution < -0.4 is 21.7 Å². The molecule has 0 aromatic heterocycles. The van der Waals surface area contributed by atoms with Gasteiger partial charge >= 0.3 is 6.03 Å². The number of nitrogens with one attached hydrogen (secondary N) is 3. The highest BCUT2D eigenvalue weighted by atomic mass is 35.5. The number of primary amides is 1. The second kappa shape index (κ2) is 7.47. The van der Waals surface area contributed by atoms with E-state index < -0.39 is 6.03 Å². The lowest BCUT2D eigenvalue weighted by Gasteiger charge is -2.09. The van der Waals surface area contributed by atoms with Crippen LogP contribution in [0.3, 0.4) is 0 Å². The van der Waals surface area contributed by atoms with E-state index in [0.29, 0.717) is 27.6 Å². The topological polar surface area (TPSA) is 113 Å². The van der Waals surface area contributed by atoms with Gasteiger partial charge in [0.1, 0.15) is 0 Å². The van der Waals surface area contributed by atoms with Crippen LogP contribution in [-0.2, 0) is 4.79 Å². The Hall–Kier alpha value is -3.06. The molecule has 124 valence electrons. The second-order valence-corrected chi connectivity index (χ2v) is 5.30. The summed E-state index contributed by atoms with van der Waals surface area (Å²) >= 11 is 6.05. The number of hydrogen-bond acceptors (Lipinski definition) is 3. The molecule has 0 saturated carbocycles. The summed E-state index contributed by atoms with van der Waals surface area (Å²) in [4.78, 5) is 34.0. The molecule has 0 fully saturated rings. The molecule has 0 unspecified atom stereocenters. The Morgan fingerprint density at radius 2 is 1.54 bits per heavy atom. The number of carbonyl (C=O) groups excluding carboxylic acids is 3. The Morgan fingerprint density at radius 1 is 0.917 bits per heavy atom. The second-order valence-electron chi connectivity index (χ2n) is 4.90. The van der Waals surface area contributed by atoms with Gasteiger partial charge in [-0.05, 0) is 42.5 Å². The molecule has 0 atom stereocenters. The first-order chi connectivity index (χ1) is 11.3. The van der Waals surface area contributed by atoms with Crippen molar-refractivity contribution in [3.05, 3.63) is 53.1 Å². The molecule has 0 bridgehead atoms. The average molecular weight is 347 g/mol. The number of amides is 4. The zero-order valence-electron chi connectivity index (χ0n) is 12.7. The highest BCUT2D eigenvalue weighted by Gasteiger charge is 2.09. The third-order valence-electron chi connectivity index (χ3n) is 2.95. The van der Waals surface area contributed by atoms with Crippen molar-refractivity contribution in [1.82, 2.24) is 0 Å². The summed E-state index contributed by atoms with van der Waals surface area (Å²) in [6, 6.07) is 10.3. The van der Waals surface area contributed by atoms with E-state index in [-0.39, 0.29) is 11.8 Å². The van der Waals surface area contributed by atoms with Gasteiger partial charge < -0.3 is 21.7 Å². The fourth-order valence-corrected chi connectivity index (χ4v) is 2.16. The van der Waals surface area contributed by atoms with Gasteiger partial charge in [-0.3, -0.25) is 9.59 Å². The van der Waals surface area contributed by atoms with Gasteiger partial charge in [-0.2, -0.15) is 0 Å². The van der Waals surface area contributed by atoms with Crippen LogP contribution in [0.25, 0.3) is 0 Å². The number of anilines is 3. The van der Waals surface area contributed by atoms with E-state index in [1.54, 1.807) is 36.4 Å². The van der Waals surface area contributed by atoms with E-state index in [0.717, 1.165) is 0 Å². The molecule has 0 aliphatic heterocycles. The molecule has 4 amide bonds. The van der Waals surface area contributed by atoms with Crippen LogP contribution in [0, 0.1) is 0 Å². The van der Waals surface area contributed by atoms with Crippen LogP contribution in [0.4, 0.5) is 21.9 Å². The molecular weight excluding hydrogens is 332 g/mol. The number of benzene rings is 2. The lowest BCUT2D eigenvalue weighted by molar-refractivity contribution is -0.114. The number of rotatable bonds is 4. The van der Waals surface area contributed by atoms with E-state index >= 15 is 0 Å². The number of nitrogens with two attached hydrogens (primary N) is 1. The van der Waals surface area contributed by atoms with Crippen molar-refractivity contribution in [2.45, 2.75) is 6.92 Å². The summed E-state index contributed by atoms with van der Waals surface area (Å²) in [6.45, 7) is 1.38. The molecule has 0 aliphatic carbocycles. The molecule has 0 spiro atoms. The summed E-state index contributed by atoms with van der Waals surface area (Å²) in [5.74, 6) is -0.581. The van der Waals surface area contributed by atoms with Crippen LogP contribution in [-0.4, -0.2) is 17.8 Å². The van der Waals surface area contributed by atoms with Crippen molar-refractivity contribution in [3.63, 3.8) is 0 Å². The van der Waals surface area contributed by atoms with Crippen molar-refractivity contribution >= 4 is 46.5 Å². The Kier molecular flexibility index (Phi) is 5.39. The predicted octanol–water partition coefficient (Wildman–Crippen LogP) is 3.04. The molecule has 0 heterocycles. The van der Waals surface area contributed by atoms with Gasteiger partial charge in [0.25, 0.3) is 5.91 Å². The minimum absolute atomic E-state index is 0.238. The Labute approximate surface area is 143 Å². The van der Waals surface area contributed by atoms with E-state index in [4.69, 9.17) is 17.3 Å². The van der Waals surface area contributed by atoms with Gasteiger partial charge in [0.2, 0.25) is 5.91 Å². The smallest absolute Gasteiger partial charge is 0.316 e. The molecule has 7 nitrogen and oxygen atoms in total. The average Bonchev–Trinajstić information content (AvgIpc) is 2.49. The van der Waals surface area contributed by atoms with Crippen LogP contribution >= 0.6 is 11.6 Å².